The number of aliphatic hydroxyl groups excluding tert-OH is 1. The third kappa shape index (κ3) is 3.19. The summed E-state index contributed by atoms with van der Waals surface area (Å²) in [5.41, 5.74) is 0. The fourth-order valence-corrected chi connectivity index (χ4v) is 0.182. The molecule has 0 saturated heterocycles. The van der Waals surface area contributed by atoms with E-state index in [9.17, 15) is 4.79 Å². The Morgan fingerprint density at radius 2 is 2.50 bits per heavy atom. The second-order valence-electron chi connectivity index (χ2n) is 1.04. The Bertz CT molecular complexity index is 131. The molecule has 44 valence electrons. The van der Waals surface area contributed by atoms with E-state index < -0.39 is 0 Å². The van der Waals surface area contributed by atoms with E-state index in [-0.39, 0.29) is 12.5 Å². The zero-order chi connectivity index (χ0) is 6.41. The van der Waals surface area contributed by atoms with Crippen molar-refractivity contribution in [1.82, 2.24) is 5.32 Å². The predicted octanol–water partition coefficient (Wildman–Crippen LogP) is -1.27. The predicted molar refractivity (Wildman–Crippen MR) is 28.9 cm³/mol. The molecular formula is C5H7NO2. The Morgan fingerprint density at radius 1 is 1.88 bits per heavy atom. The summed E-state index contributed by atoms with van der Waals surface area (Å²) < 4.78 is 0. The fourth-order valence-electron chi connectivity index (χ4n) is 0.182. The zero-order valence-corrected chi connectivity index (χ0v) is 4.56. The van der Waals surface area contributed by atoms with E-state index in [1.54, 1.807) is 0 Å². The molecule has 0 aromatic rings. The van der Waals surface area contributed by atoms with Gasteiger partial charge in [0.25, 0.3) is 5.91 Å². The second kappa shape index (κ2) is 4.16. The van der Waals surface area contributed by atoms with Crippen molar-refractivity contribution >= 4 is 5.91 Å². The van der Waals surface area contributed by atoms with Gasteiger partial charge in [-0.1, -0.05) is 5.92 Å². The molecule has 0 aromatic carbocycles. The summed E-state index contributed by atoms with van der Waals surface area (Å²) in [5, 5.41) is 10.3. The first kappa shape index (κ1) is 6.99. The second-order valence-corrected chi connectivity index (χ2v) is 1.04. The Kier molecular flexibility index (Phi) is 3.63. The van der Waals surface area contributed by atoms with Gasteiger partial charge in [0, 0.05) is 7.05 Å². The average molecular weight is 113 g/mol. The number of hydrogen-bond acceptors (Lipinski definition) is 2. The number of aliphatic hydroxyl groups is 1. The molecule has 0 radical (unpaired) electrons. The highest BCUT2D eigenvalue weighted by molar-refractivity contribution is 5.93. The first-order valence-corrected chi connectivity index (χ1v) is 2.12. The van der Waals surface area contributed by atoms with Crippen LogP contribution in [-0.2, 0) is 4.79 Å². The van der Waals surface area contributed by atoms with Crippen molar-refractivity contribution < 1.29 is 9.90 Å². The molecule has 3 heteroatoms. The molecule has 0 rings (SSSR count). The van der Waals surface area contributed by atoms with Gasteiger partial charge in [-0.3, -0.25) is 4.79 Å². The van der Waals surface area contributed by atoms with Crippen molar-refractivity contribution in [2.45, 2.75) is 0 Å². The van der Waals surface area contributed by atoms with Gasteiger partial charge in [0.1, 0.15) is 6.61 Å². The van der Waals surface area contributed by atoms with Crippen LogP contribution >= 0.6 is 0 Å². The highest BCUT2D eigenvalue weighted by atomic mass is 16.2. The van der Waals surface area contributed by atoms with Crippen LogP contribution in [-0.4, -0.2) is 24.7 Å². The maximum atomic E-state index is 10.2. The zero-order valence-electron chi connectivity index (χ0n) is 4.56. The molecular weight excluding hydrogens is 106 g/mol. The molecule has 0 atom stereocenters. The Labute approximate surface area is 47.7 Å². The molecule has 0 saturated carbocycles. The number of amides is 1. The van der Waals surface area contributed by atoms with E-state index in [0.717, 1.165) is 0 Å². The van der Waals surface area contributed by atoms with Gasteiger partial charge in [0.2, 0.25) is 0 Å². The topological polar surface area (TPSA) is 49.3 Å². The van der Waals surface area contributed by atoms with Crippen LogP contribution in [0.25, 0.3) is 0 Å². The standard InChI is InChI=1S/C5H7NO2/c1-6-5(8)3-2-4-7/h7H,4H2,1H3,(H,6,8). The number of carbonyl (C=O) groups excluding carboxylic acids is 1. The lowest BCUT2D eigenvalue weighted by Crippen LogP contribution is -2.14. The quantitative estimate of drug-likeness (QED) is 0.385. The number of rotatable bonds is 0. The molecule has 0 aliphatic heterocycles. The van der Waals surface area contributed by atoms with Gasteiger partial charge < -0.3 is 10.4 Å². The van der Waals surface area contributed by atoms with Crippen molar-refractivity contribution in [3.05, 3.63) is 0 Å². The lowest BCUT2D eigenvalue weighted by molar-refractivity contribution is -0.115. The van der Waals surface area contributed by atoms with Gasteiger partial charge >= 0.3 is 0 Å². The summed E-state index contributed by atoms with van der Waals surface area (Å²) in [5.74, 6) is 3.95. The average Bonchev–Trinajstić information content (AvgIpc) is 1.83. The smallest absolute Gasteiger partial charge is 0.295 e. The Morgan fingerprint density at radius 3 is 2.88 bits per heavy atom. The minimum atomic E-state index is -0.376. The Balaban J connectivity index is 3.52. The minimum Gasteiger partial charge on any atom is -0.384 e. The van der Waals surface area contributed by atoms with Crippen LogP contribution in [0, 0.1) is 11.8 Å². The van der Waals surface area contributed by atoms with Gasteiger partial charge in [-0.15, -0.1) is 0 Å². The first-order chi connectivity index (χ1) is 3.81. The van der Waals surface area contributed by atoms with Crippen molar-refractivity contribution in [1.29, 1.82) is 0 Å². The van der Waals surface area contributed by atoms with Crippen LogP contribution in [0.5, 0.6) is 0 Å². The maximum absolute atomic E-state index is 10.2. The highest BCUT2D eigenvalue weighted by Gasteiger charge is 1.82. The summed E-state index contributed by atoms with van der Waals surface area (Å²) >= 11 is 0. The number of nitrogens with one attached hydrogen (secondary N) is 1. The molecule has 8 heavy (non-hydrogen) atoms. The van der Waals surface area contributed by atoms with E-state index in [1.807, 2.05) is 0 Å². The molecule has 0 spiro atoms. The SMILES string of the molecule is CNC(=O)C#CCO. The molecule has 0 aliphatic carbocycles. The van der Waals surface area contributed by atoms with Gasteiger partial charge in [-0.05, 0) is 5.92 Å². The number of hydrogen-bond donors (Lipinski definition) is 2. The van der Waals surface area contributed by atoms with Crippen LogP contribution < -0.4 is 5.32 Å². The fraction of sp³-hybridized carbons (Fsp3) is 0.400. The molecule has 0 fully saturated rings. The van der Waals surface area contributed by atoms with Crippen LogP contribution in [0.1, 0.15) is 0 Å². The summed E-state index contributed by atoms with van der Waals surface area (Å²) in [6.45, 7) is -0.270. The molecule has 0 aliphatic rings. The summed E-state index contributed by atoms with van der Waals surface area (Å²) in [4.78, 5) is 10.2. The highest BCUT2D eigenvalue weighted by Crippen LogP contribution is 1.55. The van der Waals surface area contributed by atoms with E-state index in [1.165, 1.54) is 7.05 Å². The molecule has 1 amide bonds. The van der Waals surface area contributed by atoms with Crippen molar-refractivity contribution in [3.8, 4) is 11.8 Å². The summed E-state index contributed by atoms with van der Waals surface area (Å²) in [6, 6.07) is 0. The number of carbonyl (C=O) groups is 1. The van der Waals surface area contributed by atoms with Crippen molar-refractivity contribution in [2.24, 2.45) is 0 Å². The Hall–Kier alpha value is -1.01. The van der Waals surface area contributed by atoms with Gasteiger partial charge in [0.05, 0.1) is 0 Å². The van der Waals surface area contributed by atoms with E-state index >= 15 is 0 Å². The summed E-state index contributed by atoms with van der Waals surface area (Å²) in [7, 11) is 1.48. The van der Waals surface area contributed by atoms with E-state index in [0.29, 0.717) is 0 Å². The van der Waals surface area contributed by atoms with Crippen molar-refractivity contribution in [2.75, 3.05) is 13.7 Å². The lowest BCUT2D eigenvalue weighted by Gasteiger charge is -1.81. The molecule has 0 heterocycles. The lowest BCUT2D eigenvalue weighted by atomic mass is 10.5. The van der Waals surface area contributed by atoms with E-state index in [4.69, 9.17) is 5.11 Å². The van der Waals surface area contributed by atoms with Crippen LogP contribution in [0.2, 0.25) is 0 Å². The molecule has 0 bridgehead atoms. The largest absolute Gasteiger partial charge is 0.384 e. The molecule has 3 nitrogen and oxygen atoms in total. The van der Waals surface area contributed by atoms with Crippen LogP contribution in [0.4, 0.5) is 0 Å². The first-order valence-electron chi connectivity index (χ1n) is 2.12. The third-order valence-corrected chi connectivity index (χ3v) is 0.508. The van der Waals surface area contributed by atoms with E-state index in [2.05, 4.69) is 17.2 Å². The maximum Gasteiger partial charge on any atom is 0.295 e. The van der Waals surface area contributed by atoms with Crippen LogP contribution in [0.15, 0.2) is 0 Å². The van der Waals surface area contributed by atoms with Crippen LogP contribution in [0.3, 0.4) is 0 Å². The normalized spacial score (nSPS) is 6.75. The summed E-state index contributed by atoms with van der Waals surface area (Å²) in [6.07, 6.45) is 0. The van der Waals surface area contributed by atoms with Crippen molar-refractivity contribution in [3.63, 3.8) is 0 Å². The minimum absolute atomic E-state index is 0.270. The third-order valence-electron chi connectivity index (χ3n) is 0.508. The molecule has 0 aromatic heterocycles. The molecule has 0 unspecified atom stereocenters. The monoisotopic (exact) mass is 113 g/mol. The van der Waals surface area contributed by atoms with Gasteiger partial charge in [-0.2, -0.15) is 0 Å². The molecule has 2 N–H and O–H groups in total. The van der Waals surface area contributed by atoms with Gasteiger partial charge in [-0.25, -0.2) is 0 Å². The van der Waals surface area contributed by atoms with Gasteiger partial charge in [0.15, 0.2) is 0 Å².